The molecule has 3 unspecified atom stereocenters. The molecule has 0 aromatic rings. The predicted molar refractivity (Wildman–Crippen MR) is 69.0 cm³/mol. The largest absolute Gasteiger partial charge is 0.372 e. The average molecular weight is 241 g/mol. The molecule has 2 N–H and O–H groups in total. The van der Waals surface area contributed by atoms with Crippen molar-refractivity contribution in [1.82, 2.24) is 0 Å². The van der Waals surface area contributed by atoms with Crippen molar-refractivity contribution in [3.63, 3.8) is 0 Å². The molecule has 1 aliphatic heterocycles. The van der Waals surface area contributed by atoms with Crippen LogP contribution in [0.3, 0.4) is 0 Å². The third-order valence-corrected chi connectivity index (χ3v) is 4.02. The van der Waals surface area contributed by atoms with Crippen LogP contribution in [0.1, 0.15) is 59.8 Å². The van der Waals surface area contributed by atoms with E-state index in [1.165, 1.54) is 6.42 Å². The van der Waals surface area contributed by atoms with E-state index < -0.39 is 0 Å². The molecule has 0 aromatic heterocycles. The standard InChI is InChI=1S/C14H27NO2/c1-13(2)9-12(14(3,4)17-13)16-11-7-5-6-10(15)8-11/h10-12H,5-9,15H2,1-4H3. The van der Waals surface area contributed by atoms with Gasteiger partial charge >= 0.3 is 0 Å². The minimum atomic E-state index is -0.176. The van der Waals surface area contributed by atoms with E-state index in [2.05, 4.69) is 27.7 Å². The van der Waals surface area contributed by atoms with Crippen molar-refractivity contribution >= 4 is 0 Å². The summed E-state index contributed by atoms with van der Waals surface area (Å²) in [5.74, 6) is 0. The molecule has 100 valence electrons. The summed E-state index contributed by atoms with van der Waals surface area (Å²) in [6, 6.07) is 0.326. The van der Waals surface area contributed by atoms with Gasteiger partial charge in [0.05, 0.1) is 23.4 Å². The van der Waals surface area contributed by atoms with Crippen molar-refractivity contribution in [2.24, 2.45) is 5.73 Å². The van der Waals surface area contributed by atoms with Crippen LogP contribution in [-0.4, -0.2) is 29.5 Å². The number of hydrogen-bond donors (Lipinski definition) is 1. The van der Waals surface area contributed by atoms with Crippen LogP contribution in [-0.2, 0) is 9.47 Å². The lowest BCUT2D eigenvalue weighted by Crippen LogP contribution is -2.40. The maximum Gasteiger partial charge on any atom is 0.0895 e. The summed E-state index contributed by atoms with van der Waals surface area (Å²) in [5, 5.41) is 0. The van der Waals surface area contributed by atoms with Gasteiger partial charge in [-0.15, -0.1) is 0 Å². The van der Waals surface area contributed by atoms with Crippen LogP contribution in [0.15, 0.2) is 0 Å². The molecular weight excluding hydrogens is 214 g/mol. The summed E-state index contributed by atoms with van der Waals surface area (Å²) < 4.78 is 12.3. The van der Waals surface area contributed by atoms with E-state index in [1.54, 1.807) is 0 Å². The van der Waals surface area contributed by atoms with Gasteiger partial charge in [-0.25, -0.2) is 0 Å². The molecule has 0 radical (unpaired) electrons. The van der Waals surface area contributed by atoms with Crippen molar-refractivity contribution in [2.75, 3.05) is 0 Å². The number of nitrogens with two attached hydrogens (primary N) is 1. The normalized spacial score (nSPS) is 40.4. The highest BCUT2D eigenvalue weighted by atomic mass is 16.6. The Bertz CT molecular complexity index is 275. The molecule has 0 spiro atoms. The van der Waals surface area contributed by atoms with Gasteiger partial charge in [-0.3, -0.25) is 0 Å². The van der Waals surface area contributed by atoms with E-state index in [9.17, 15) is 0 Å². The first-order chi connectivity index (χ1) is 7.78. The van der Waals surface area contributed by atoms with Crippen LogP contribution >= 0.6 is 0 Å². The van der Waals surface area contributed by atoms with Gasteiger partial charge in [-0.1, -0.05) is 0 Å². The number of hydrogen-bond acceptors (Lipinski definition) is 3. The fraction of sp³-hybridized carbons (Fsp3) is 1.00. The minimum absolute atomic E-state index is 0.0645. The zero-order chi connectivity index (χ0) is 12.7. The van der Waals surface area contributed by atoms with Crippen molar-refractivity contribution in [1.29, 1.82) is 0 Å². The zero-order valence-corrected chi connectivity index (χ0v) is 11.7. The summed E-state index contributed by atoms with van der Waals surface area (Å²) >= 11 is 0. The van der Waals surface area contributed by atoms with E-state index in [0.29, 0.717) is 12.1 Å². The Morgan fingerprint density at radius 2 is 1.88 bits per heavy atom. The van der Waals surface area contributed by atoms with Crippen molar-refractivity contribution in [3.8, 4) is 0 Å². The van der Waals surface area contributed by atoms with Gasteiger partial charge in [0.25, 0.3) is 0 Å². The first kappa shape index (κ1) is 13.3. The molecule has 0 aromatic carbocycles. The molecule has 3 nitrogen and oxygen atoms in total. The smallest absolute Gasteiger partial charge is 0.0895 e. The lowest BCUT2D eigenvalue weighted by molar-refractivity contribution is -0.123. The first-order valence-corrected chi connectivity index (χ1v) is 6.90. The molecule has 2 aliphatic rings. The molecule has 1 saturated heterocycles. The van der Waals surface area contributed by atoms with Crippen LogP contribution in [0.4, 0.5) is 0 Å². The molecule has 1 heterocycles. The number of ether oxygens (including phenoxy) is 2. The predicted octanol–water partition coefficient (Wildman–Crippen LogP) is 2.62. The van der Waals surface area contributed by atoms with E-state index >= 15 is 0 Å². The average Bonchev–Trinajstić information content (AvgIpc) is 2.34. The molecule has 0 bridgehead atoms. The fourth-order valence-corrected chi connectivity index (χ4v) is 3.26. The maximum absolute atomic E-state index is 6.27. The summed E-state index contributed by atoms with van der Waals surface area (Å²) in [6.07, 6.45) is 6.02. The second kappa shape index (κ2) is 4.52. The molecule has 3 heteroatoms. The van der Waals surface area contributed by atoms with Gasteiger partial charge in [-0.2, -0.15) is 0 Å². The van der Waals surface area contributed by atoms with Crippen molar-refractivity contribution < 1.29 is 9.47 Å². The monoisotopic (exact) mass is 241 g/mol. The SMILES string of the molecule is CC1(C)CC(OC2CCCC(N)C2)C(C)(C)O1. The lowest BCUT2D eigenvalue weighted by atomic mass is 9.92. The Morgan fingerprint density at radius 3 is 2.41 bits per heavy atom. The van der Waals surface area contributed by atoms with Crippen LogP contribution in [0.2, 0.25) is 0 Å². The highest BCUT2D eigenvalue weighted by molar-refractivity contribution is 4.96. The van der Waals surface area contributed by atoms with Gasteiger partial charge in [0.2, 0.25) is 0 Å². The number of rotatable bonds is 2. The van der Waals surface area contributed by atoms with E-state index in [1.807, 2.05) is 0 Å². The summed E-state index contributed by atoms with van der Waals surface area (Å²) in [6.45, 7) is 8.56. The summed E-state index contributed by atoms with van der Waals surface area (Å²) in [7, 11) is 0. The van der Waals surface area contributed by atoms with Gasteiger partial charge < -0.3 is 15.2 Å². The molecule has 1 aliphatic carbocycles. The quantitative estimate of drug-likeness (QED) is 0.808. The van der Waals surface area contributed by atoms with Crippen LogP contribution in [0.5, 0.6) is 0 Å². The third kappa shape index (κ3) is 3.21. The van der Waals surface area contributed by atoms with Crippen molar-refractivity contribution in [3.05, 3.63) is 0 Å². The van der Waals surface area contributed by atoms with Gasteiger partial charge in [-0.05, 0) is 53.4 Å². The van der Waals surface area contributed by atoms with E-state index in [4.69, 9.17) is 15.2 Å². The highest BCUT2D eigenvalue weighted by Gasteiger charge is 2.47. The first-order valence-electron chi connectivity index (χ1n) is 6.90. The lowest BCUT2D eigenvalue weighted by Gasteiger charge is -2.33. The minimum Gasteiger partial charge on any atom is -0.372 e. The third-order valence-electron chi connectivity index (χ3n) is 4.02. The fourth-order valence-electron chi connectivity index (χ4n) is 3.26. The molecule has 2 rings (SSSR count). The van der Waals surface area contributed by atoms with Gasteiger partial charge in [0, 0.05) is 12.5 Å². The molecule has 3 atom stereocenters. The van der Waals surface area contributed by atoms with Gasteiger partial charge in [0.15, 0.2) is 0 Å². The summed E-state index contributed by atoms with van der Waals surface area (Å²) in [5.41, 5.74) is 5.77. The van der Waals surface area contributed by atoms with Crippen LogP contribution in [0, 0.1) is 0 Å². The zero-order valence-electron chi connectivity index (χ0n) is 11.7. The van der Waals surface area contributed by atoms with E-state index in [0.717, 1.165) is 25.7 Å². The Labute approximate surface area is 105 Å². The van der Waals surface area contributed by atoms with Crippen LogP contribution in [0.25, 0.3) is 0 Å². The van der Waals surface area contributed by atoms with Crippen molar-refractivity contribution in [2.45, 2.75) is 89.3 Å². The molecule has 2 fully saturated rings. The Kier molecular flexibility index (Phi) is 3.54. The summed E-state index contributed by atoms with van der Waals surface area (Å²) in [4.78, 5) is 0. The second-order valence-electron chi connectivity index (χ2n) is 6.84. The molecule has 1 saturated carbocycles. The Hall–Kier alpha value is -0.120. The highest BCUT2D eigenvalue weighted by Crippen LogP contribution is 2.40. The Balaban J connectivity index is 1.94. The van der Waals surface area contributed by atoms with E-state index in [-0.39, 0.29) is 17.3 Å². The van der Waals surface area contributed by atoms with Gasteiger partial charge in [0.1, 0.15) is 0 Å². The maximum atomic E-state index is 6.27. The van der Waals surface area contributed by atoms with Crippen LogP contribution < -0.4 is 5.73 Å². The molecule has 0 amide bonds. The molecule has 17 heavy (non-hydrogen) atoms. The molecular formula is C14H27NO2. The Morgan fingerprint density at radius 1 is 1.18 bits per heavy atom. The topological polar surface area (TPSA) is 44.5 Å². The second-order valence-corrected chi connectivity index (χ2v) is 6.84.